The molecule has 0 saturated heterocycles. The molecule has 0 bridgehead atoms. The van der Waals surface area contributed by atoms with Gasteiger partial charge in [0.2, 0.25) is 0 Å². The number of nitrogens with zero attached hydrogens (tertiary/aromatic N) is 4. The molecule has 0 amide bonds. The van der Waals surface area contributed by atoms with Crippen LogP contribution in [-0.2, 0) is 5.92 Å². The molecule has 29 heavy (non-hydrogen) atoms. The van der Waals surface area contributed by atoms with E-state index in [2.05, 4.69) is 20.6 Å². The Balaban J connectivity index is 2.41. The molecule has 0 aliphatic heterocycles. The topological polar surface area (TPSA) is 129 Å². The summed E-state index contributed by atoms with van der Waals surface area (Å²) in [5.74, 6) is 4.68. The van der Waals surface area contributed by atoms with Crippen molar-refractivity contribution in [3.8, 4) is 0 Å². The lowest BCUT2D eigenvalue weighted by Gasteiger charge is -2.30. The molecule has 1 unspecified atom stereocenters. The fraction of sp³-hybridized carbons (Fsp3) is 0.222. The van der Waals surface area contributed by atoms with Crippen LogP contribution >= 0.6 is 0 Å². The fourth-order valence-electron chi connectivity index (χ4n) is 2.65. The Labute approximate surface area is 165 Å². The van der Waals surface area contributed by atoms with E-state index in [9.17, 15) is 4.39 Å². The third kappa shape index (κ3) is 5.51. The normalized spacial score (nSPS) is 13.0. The van der Waals surface area contributed by atoms with E-state index in [1.807, 2.05) is 0 Å². The van der Waals surface area contributed by atoms with Crippen LogP contribution in [0.3, 0.4) is 0 Å². The lowest BCUT2D eigenvalue weighted by Crippen LogP contribution is -2.40. The van der Waals surface area contributed by atoms with E-state index in [4.69, 9.17) is 17.1 Å². The second-order valence-corrected chi connectivity index (χ2v) is 6.15. The van der Waals surface area contributed by atoms with Gasteiger partial charge in [-0.05, 0) is 36.2 Å². The third-order valence-electron chi connectivity index (χ3n) is 4.03. The molecule has 154 valence electrons. The van der Waals surface area contributed by atoms with Crippen molar-refractivity contribution in [2.75, 3.05) is 12.0 Å². The maximum Gasteiger partial charge on any atom is 0.298 e. The average molecular weight is 406 g/mol. The van der Waals surface area contributed by atoms with E-state index in [1.165, 1.54) is 24.4 Å². The summed E-state index contributed by atoms with van der Waals surface area (Å²) in [7, 11) is 0. The Hall–Kier alpha value is -3.47. The van der Waals surface area contributed by atoms with Crippen LogP contribution in [0.25, 0.3) is 0 Å². The van der Waals surface area contributed by atoms with Crippen molar-refractivity contribution in [2.24, 2.45) is 21.9 Å². The second kappa shape index (κ2) is 9.64. The van der Waals surface area contributed by atoms with Gasteiger partial charge < -0.3 is 11.3 Å². The summed E-state index contributed by atoms with van der Waals surface area (Å²) in [6, 6.07) is 6.48. The minimum absolute atomic E-state index is 0.207. The van der Waals surface area contributed by atoms with Gasteiger partial charge in [-0.3, -0.25) is 15.4 Å². The molecule has 1 atom stereocenters. The molecule has 0 aliphatic rings. The quantitative estimate of drug-likeness (QED) is 0.220. The molecule has 11 heteroatoms. The molecule has 0 fully saturated rings. The number of aryl methyl sites for hydroxylation is 1. The highest BCUT2D eigenvalue weighted by Crippen LogP contribution is 2.42. The maximum atomic E-state index is 15.4. The number of nitrogens with two attached hydrogens (primary N) is 2. The zero-order valence-electron chi connectivity index (χ0n) is 15.6. The van der Waals surface area contributed by atoms with Gasteiger partial charge in [0.15, 0.2) is 0 Å². The summed E-state index contributed by atoms with van der Waals surface area (Å²) in [6.45, 7) is 1.20. The molecule has 0 saturated carbocycles. The smallest absolute Gasteiger partial charge is 0.298 e. The summed E-state index contributed by atoms with van der Waals surface area (Å²) in [6.07, 6.45) is 4.26. The molecule has 0 radical (unpaired) electrons. The van der Waals surface area contributed by atoms with Gasteiger partial charge in [0, 0.05) is 12.8 Å². The first kappa shape index (κ1) is 21.8. The molecule has 1 aromatic carbocycles. The van der Waals surface area contributed by atoms with Gasteiger partial charge >= 0.3 is 0 Å². The average Bonchev–Trinajstić information content (AvgIpc) is 2.67. The Morgan fingerprint density at radius 1 is 1.34 bits per heavy atom. The zero-order valence-corrected chi connectivity index (χ0v) is 15.6. The molecule has 0 aliphatic carbocycles. The number of hydrogen-bond acceptors (Lipinski definition) is 7. The first-order chi connectivity index (χ1) is 13.8. The fourth-order valence-corrected chi connectivity index (χ4v) is 2.65. The number of benzene rings is 1. The van der Waals surface area contributed by atoms with Crippen LogP contribution in [-0.4, -0.2) is 35.3 Å². The van der Waals surface area contributed by atoms with Crippen molar-refractivity contribution >= 4 is 24.5 Å². The molecule has 1 aromatic heterocycles. The maximum absolute atomic E-state index is 15.4. The van der Waals surface area contributed by atoms with E-state index >= 15 is 8.78 Å². The number of rotatable bonds is 9. The SMILES string of the molecule is Cc1ccc(C(CN(N)/C=N\N)C(F)(F)c2ccc(N/N=C\C=N)cn2)c(F)c1. The minimum atomic E-state index is -3.56. The van der Waals surface area contributed by atoms with Crippen molar-refractivity contribution in [2.45, 2.75) is 18.8 Å². The molecule has 0 spiro atoms. The number of alkyl halides is 2. The van der Waals surface area contributed by atoms with Gasteiger partial charge in [-0.15, -0.1) is 0 Å². The Kier molecular flexibility index (Phi) is 7.26. The van der Waals surface area contributed by atoms with Crippen LogP contribution in [0, 0.1) is 18.2 Å². The van der Waals surface area contributed by atoms with Crippen molar-refractivity contribution in [1.29, 1.82) is 5.41 Å². The predicted molar refractivity (Wildman–Crippen MR) is 106 cm³/mol. The van der Waals surface area contributed by atoms with Crippen LogP contribution in [0.5, 0.6) is 0 Å². The van der Waals surface area contributed by atoms with E-state index in [-0.39, 0.29) is 5.56 Å². The van der Waals surface area contributed by atoms with Gasteiger partial charge in [-0.1, -0.05) is 12.1 Å². The van der Waals surface area contributed by atoms with E-state index in [0.717, 1.165) is 29.8 Å². The highest BCUT2D eigenvalue weighted by molar-refractivity contribution is 6.14. The van der Waals surface area contributed by atoms with E-state index in [1.54, 1.807) is 13.0 Å². The second-order valence-electron chi connectivity index (χ2n) is 6.15. The molecular formula is C18H21F3N8. The van der Waals surface area contributed by atoms with E-state index < -0.39 is 29.9 Å². The minimum Gasteiger partial charge on any atom is -0.322 e. The zero-order chi connectivity index (χ0) is 21.4. The first-order valence-electron chi connectivity index (χ1n) is 8.42. The van der Waals surface area contributed by atoms with Crippen molar-refractivity contribution in [3.05, 3.63) is 59.2 Å². The Morgan fingerprint density at radius 2 is 2.10 bits per heavy atom. The lowest BCUT2D eigenvalue weighted by molar-refractivity contribution is -0.0442. The van der Waals surface area contributed by atoms with Crippen LogP contribution in [0.1, 0.15) is 22.7 Å². The standard InChI is InChI=1S/C18H21F3N8/c1-12-2-4-14(16(19)8-12)15(10-29(24)11-26-23)18(20,21)17-5-3-13(9-25-17)28-27-7-6-22/h2-9,11,15,22,28H,10,23-24H2,1H3/b22-6?,26-11-,27-7-. The monoisotopic (exact) mass is 406 g/mol. The van der Waals surface area contributed by atoms with Gasteiger partial charge in [0.05, 0.1) is 24.0 Å². The number of halogens is 3. The lowest BCUT2D eigenvalue weighted by atomic mass is 9.89. The van der Waals surface area contributed by atoms with Crippen molar-refractivity contribution in [3.63, 3.8) is 0 Å². The van der Waals surface area contributed by atoms with Gasteiger partial charge in [0.25, 0.3) is 5.92 Å². The molecule has 2 aromatic rings. The third-order valence-corrected chi connectivity index (χ3v) is 4.03. The largest absolute Gasteiger partial charge is 0.322 e. The van der Waals surface area contributed by atoms with Crippen LogP contribution in [0.2, 0.25) is 0 Å². The highest BCUT2D eigenvalue weighted by Gasteiger charge is 2.45. The molecule has 1 heterocycles. The molecule has 8 nitrogen and oxygen atoms in total. The summed E-state index contributed by atoms with van der Waals surface area (Å²) in [5, 5.41) is 14.6. The summed E-state index contributed by atoms with van der Waals surface area (Å²) in [5.41, 5.74) is 2.71. The van der Waals surface area contributed by atoms with Crippen LogP contribution in [0.4, 0.5) is 18.9 Å². The Morgan fingerprint density at radius 3 is 2.69 bits per heavy atom. The number of nitrogens with one attached hydrogen (secondary N) is 2. The van der Waals surface area contributed by atoms with Crippen molar-refractivity contribution in [1.82, 2.24) is 9.99 Å². The van der Waals surface area contributed by atoms with Gasteiger partial charge in [-0.25, -0.2) is 10.2 Å². The number of pyridine rings is 1. The summed E-state index contributed by atoms with van der Waals surface area (Å²) >= 11 is 0. The van der Waals surface area contributed by atoms with Crippen LogP contribution < -0.4 is 17.1 Å². The number of anilines is 1. The summed E-state index contributed by atoms with van der Waals surface area (Å²) < 4.78 is 45.2. The predicted octanol–water partition coefficient (Wildman–Crippen LogP) is 2.53. The first-order valence-corrected chi connectivity index (χ1v) is 8.42. The Bertz CT molecular complexity index is 883. The number of hydrogen-bond donors (Lipinski definition) is 4. The van der Waals surface area contributed by atoms with Gasteiger partial charge in [0.1, 0.15) is 17.8 Å². The summed E-state index contributed by atoms with van der Waals surface area (Å²) in [4.78, 5) is 3.79. The number of hydrazone groups is 2. The number of hydrazine groups is 1. The van der Waals surface area contributed by atoms with Crippen molar-refractivity contribution < 1.29 is 13.2 Å². The molecule has 2 rings (SSSR count). The molecule has 6 N–H and O–H groups in total. The van der Waals surface area contributed by atoms with Crippen LogP contribution in [0.15, 0.2) is 46.7 Å². The van der Waals surface area contributed by atoms with Gasteiger partial charge in [-0.2, -0.15) is 19.0 Å². The number of aromatic nitrogens is 1. The highest BCUT2D eigenvalue weighted by atomic mass is 19.3. The van der Waals surface area contributed by atoms with E-state index in [0.29, 0.717) is 11.3 Å². The molecular weight excluding hydrogens is 385 g/mol.